The molecule has 1 aromatic carbocycles. The SMILES string of the molecule is COc1cccc(-c2nc(Br)cs2)c1OC. The van der Waals surface area contributed by atoms with Crippen molar-refractivity contribution < 1.29 is 9.47 Å². The Morgan fingerprint density at radius 1 is 1.25 bits per heavy atom. The third-order valence-corrected chi connectivity index (χ3v) is 3.69. The second kappa shape index (κ2) is 4.84. The first-order valence-corrected chi connectivity index (χ1v) is 6.26. The van der Waals surface area contributed by atoms with Crippen molar-refractivity contribution in [2.24, 2.45) is 0 Å². The van der Waals surface area contributed by atoms with Gasteiger partial charge in [0.05, 0.1) is 19.8 Å². The van der Waals surface area contributed by atoms with E-state index in [9.17, 15) is 0 Å². The van der Waals surface area contributed by atoms with E-state index in [0.29, 0.717) is 11.5 Å². The van der Waals surface area contributed by atoms with Gasteiger partial charge >= 0.3 is 0 Å². The lowest BCUT2D eigenvalue weighted by atomic mass is 10.2. The van der Waals surface area contributed by atoms with E-state index in [1.807, 2.05) is 23.6 Å². The van der Waals surface area contributed by atoms with Gasteiger partial charge in [-0.15, -0.1) is 11.3 Å². The molecule has 0 atom stereocenters. The summed E-state index contributed by atoms with van der Waals surface area (Å²) < 4.78 is 11.4. The van der Waals surface area contributed by atoms with Gasteiger partial charge < -0.3 is 9.47 Å². The van der Waals surface area contributed by atoms with Gasteiger partial charge in [-0.2, -0.15) is 0 Å². The fourth-order valence-corrected chi connectivity index (χ4v) is 2.71. The van der Waals surface area contributed by atoms with Gasteiger partial charge in [0.15, 0.2) is 11.5 Å². The molecule has 0 spiro atoms. The van der Waals surface area contributed by atoms with Crippen LogP contribution < -0.4 is 9.47 Å². The van der Waals surface area contributed by atoms with E-state index in [4.69, 9.17) is 9.47 Å². The van der Waals surface area contributed by atoms with Crippen molar-refractivity contribution in [2.75, 3.05) is 14.2 Å². The molecule has 0 aliphatic carbocycles. The summed E-state index contributed by atoms with van der Waals surface area (Å²) in [6.45, 7) is 0. The number of benzene rings is 1. The molecular formula is C11H10BrNO2S. The fraction of sp³-hybridized carbons (Fsp3) is 0.182. The molecule has 16 heavy (non-hydrogen) atoms. The van der Waals surface area contributed by atoms with Gasteiger partial charge in [0.2, 0.25) is 0 Å². The van der Waals surface area contributed by atoms with Gasteiger partial charge in [-0.1, -0.05) is 6.07 Å². The van der Waals surface area contributed by atoms with Gasteiger partial charge in [0.1, 0.15) is 9.61 Å². The first kappa shape index (κ1) is 11.4. The molecule has 0 N–H and O–H groups in total. The van der Waals surface area contributed by atoms with Crippen LogP contribution in [0.4, 0.5) is 0 Å². The minimum absolute atomic E-state index is 0.714. The number of hydrogen-bond acceptors (Lipinski definition) is 4. The van der Waals surface area contributed by atoms with E-state index in [0.717, 1.165) is 15.2 Å². The van der Waals surface area contributed by atoms with Crippen molar-refractivity contribution >= 4 is 27.3 Å². The Kier molecular flexibility index (Phi) is 3.46. The predicted octanol–water partition coefficient (Wildman–Crippen LogP) is 3.59. The van der Waals surface area contributed by atoms with Crippen molar-refractivity contribution in [1.29, 1.82) is 0 Å². The Morgan fingerprint density at radius 3 is 2.62 bits per heavy atom. The zero-order valence-corrected chi connectivity index (χ0v) is 11.3. The molecule has 0 bridgehead atoms. The highest BCUT2D eigenvalue weighted by molar-refractivity contribution is 9.10. The maximum Gasteiger partial charge on any atom is 0.170 e. The summed E-state index contributed by atoms with van der Waals surface area (Å²) >= 11 is 4.90. The molecular weight excluding hydrogens is 290 g/mol. The van der Waals surface area contributed by atoms with Gasteiger partial charge in [-0.05, 0) is 28.1 Å². The molecule has 0 saturated carbocycles. The smallest absolute Gasteiger partial charge is 0.170 e. The number of para-hydroxylation sites is 1. The number of aromatic nitrogens is 1. The topological polar surface area (TPSA) is 31.4 Å². The summed E-state index contributed by atoms with van der Waals surface area (Å²) in [5.41, 5.74) is 0.942. The maximum absolute atomic E-state index is 5.36. The van der Waals surface area contributed by atoms with E-state index >= 15 is 0 Å². The van der Waals surface area contributed by atoms with Crippen LogP contribution >= 0.6 is 27.3 Å². The molecule has 0 fully saturated rings. The third kappa shape index (κ3) is 2.05. The van der Waals surface area contributed by atoms with Crippen LogP contribution in [0.15, 0.2) is 28.2 Å². The molecule has 0 radical (unpaired) electrons. The average Bonchev–Trinajstić information content (AvgIpc) is 2.74. The van der Waals surface area contributed by atoms with Crippen molar-refractivity contribution in [3.8, 4) is 22.1 Å². The molecule has 2 aromatic rings. The standard InChI is InChI=1S/C11H10BrNO2S/c1-14-8-5-3-4-7(10(8)15-2)11-13-9(12)6-16-11/h3-6H,1-2H3. The Bertz CT molecular complexity index is 498. The molecule has 0 saturated heterocycles. The highest BCUT2D eigenvalue weighted by Gasteiger charge is 2.13. The van der Waals surface area contributed by atoms with Gasteiger partial charge in [0, 0.05) is 5.38 Å². The van der Waals surface area contributed by atoms with Crippen LogP contribution in [0.2, 0.25) is 0 Å². The lowest BCUT2D eigenvalue weighted by Crippen LogP contribution is -1.92. The number of halogens is 1. The van der Waals surface area contributed by atoms with Crippen LogP contribution in [0.1, 0.15) is 0 Å². The molecule has 1 aromatic heterocycles. The van der Waals surface area contributed by atoms with E-state index in [1.165, 1.54) is 0 Å². The zero-order valence-electron chi connectivity index (χ0n) is 8.86. The second-order valence-corrected chi connectivity index (χ2v) is 4.69. The van der Waals surface area contributed by atoms with E-state index in [-0.39, 0.29) is 0 Å². The Hall–Kier alpha value is -1.07. The minimum Gasteiger partial charge on any atom is -0.493 e. The number of ether oxygens (including phenoxy) is 2. The second-order valence-electron chi connectivity index (χ2n) is 3.02. The molecule has 0 unspecified atom stereocenters. The summed E-state index contributed by atoms with van der Waals surface area (Å²) in [6.07, 6.45) is 0. The van der Waals surface area contributed by atoms with Gasteiger partial charge in [0.25, 0.3) is 0 Å². The molecule has 0 amide bonds. The molecule has 0 aliphatic heterocycles. The largest absolute Gasteiger partial charge is 0.493 e. The van der Waals surface area contributed by atoms with E-state index in [1.54, 1.807) is 25.6 Å². The average molecular weight is 300 g/mol. The fourth-order valence-electron chi connectivity index (χ4n) is 1.43. The molecule has 0 aliphatic rings. The van der Waals surface area contributed by atoms with Crippen LogP contribution in [-0.4, -0.2) is 19.2 Å². The third-order valence-electron chi connectivity index (χ3n) is 2.11. The number of hydrogen-bond donors (Lipinski definition) is 0. The zero-order chi connectivity index (χ0) is 11.5. The van der Waals surface area contributed by atoms with Crippen LogP contribution in [0.5, 0.6) is 11.5 Å². The Morgan fingerprint density at radius 2 is 2.06 bits per heavy atom. The van der Waals surface area contributed by atoms with Crippen LogP contribution in [-0.2, 0) is 0 Å². The summed E-state index contributed by atoms with van der Waals surface area (Å²) in [5.74, 6) is 1.43. The Labute approximate surface area is 106 Å². The number of thiazole rings is 1. The molecule has 1 heterocycles. The monoisotopic (exact) mass is 299 g/mol. The van der Waals surface area contributed by atoms with Crippen molar-refractivity contribution in [2.45, 2.75) is 0 Å². The van der Waals surface area contributed by atoms with Crippen molar-refractivity contribution in [3.63, 3.8) is 0 Å². The van der Waals surface area contributed by atoms with Crippen LogP contribution in [0.3, 0.4) is 0 Å². The predicted molar refractivity (Wildman–Crippen MR) is 68.4 cm³/mol. The maximum atomic E-state index is 5.36. The van der Waals surface area contributed by atoms with Gasteiger partial charge in [-0.3, -0.25) is 0 Å². The first-order chi connectivity index (χ1) is 7.76. The highest BCUT2D eigenvalue weighted by atomic mass is 79.9. The van der Waals surface area contributed by atoms with E-state index in [2.05, 4.69) is 20.9 Å². The van der Waals surface area contributed by atoms with Crippen LogP contribution in [0, 0.1) is 0 Å². The normalized spacial score (nSPS) is 10.2. The van der Waals surface area contributed by atoms with Crippen LogP contribution in [0.25, 0.3) is 10.6 Å². The van der Waals surface area contributed by atoms with E-state index < -0.39 is 0 Å². The summed E-state index contributed by atoms with van der Waals surface area (Å²) in [6, 6.07) is 5.75. The molecule has 2 rings (SSSR count). The quantitative estimate of drug-likeness (QED) is 0.868. The Balaban J connectivity index is 2.56. The molecule has 84 valence electrons. The number of nitrogens with zero attached hydrogens (tertiary/aromatic N) is 1. The number of methoxy groups -OCH3 is 2. The lowest BCUT2D eigenvalue weighted by molar-refractivity contribution is 0.356. The number of rotatable bonds is 3. The summed E-state index contributed by atoms with van der Waals surface area (Å²) in [4.78, 5) is 4.36. The first-order valence-electron chi connectivity index (χ1n) is 4.58. The minimum atomic E-state index is 0.714. The molecule has 3 nitrogen and oxygen atoms in total. The van der Waals surface area contributed by atoms with Gasteiger partial charge in [-0.25, -0.2) is 4.98 Å². The molecule has 5 heteroatoms. The van der Waals surface area contributed by atoms with Crippen molar-refractivity contribution in [3.05, 3.63) is 28.2 Å². The summed E-state index contributed by atoms with van der Waals surface area (Å²) in [7, 11) is 3.25. The van der Waals surface area contributed by atoms with Crippen molar-refractivity contribution in [1.82, 2.24) is 4.98 Å². The lowest BCUT2D eigenvalue weighted by Gasteiger charge is -2.10. The summed E-state index contributed by atoms with van der Waals surface area (Å²) in [5, 5.41) is 2.84. The highest BCUT2D eigenvalue weighted by Crippen LogP contribution is 2.39.